The molecule has 3 aromatic rings. The summed E-state index contributed by atoms with van der Waals surface area (Å²) in [5.41, 5.74) is 9.75. The average Bonchev–Trinajstić information content (AvgIpc) is 3.58. The molecule has 3 amide bonds. The van der Waals surface area contributed by atoms with Crippen molar-refractivity contribution in [2.24, 2.45) is 5.73 Å². The summed E-state index contributed by atoms with van der Waals surface area (Å²) in [6.07, 6.45) is 2.97. The van der Waals surface area contributed by atoms with Gasteiger partial charge in [0, 0.05) is 43.3 Å². The molecule has 212 valence electrons. The number of primary amides is 1. The first kappa shape index (κ1) is 29.2. The normalized spacial score (nSPS) is 12.7. The molecule has 0 spiro atoms. The molecule has 4 rings (SSSR count). The third-order valence-electron chi connectivity index (χ3n) is 6.98. The van der Waals surface area contributed by atoms with Gasteiger partial charge in [-0.1, -0.05) is 38.0 Å². The highest BCUT2D eigenvalue weighted by Crippen LogP contribution is 2.31. The van der Waals surface area contributed by atoms with E-state index < -0.39 is 5.91 Å². The van der Waals surface area contributed by atoms with E-state index in [9.17, 15) is 18.8 Å². The van der Waals surface area contributed by atoms with Gasteiger partial charge in [0.25, 0.3) is 11.8 Å². The molecule has 2 heterocycles. The summed E-state index contributed by atoms with van der Waals surface area (Å²) in [4.78, 5) is 44.1. The first-order valence-corrected chi connectivity index (χ1v) is 14.2. The van der Waals surface area contributed by atoms with Crippen LogP contribution in [0.25, 0.3) is 10.6 Å². The van der Waals surface area contributed by atoms with Gasteiger partial charge in [0.2, 0.25) is 5.91 Å². The molecule has 11 heteroatoms. The van der Waals surface area contributed by atoms with Gasteiger partial charge in [-0.25, -0.2) is 14.4 Å². The molecular weight excluding hydrogens is 531 g/mol. The summed E-state index contributed by atoms with van der Waals surface area (Å²) in [7, 11) is 1.69. The Morgan fingerprint density at radius 2 is 1.88 bits per heavy atom. The fraction of sp³-hybridized carbons (Fsp3) is 0.379. The zero-order valence-electron chi connectivity index (χ0n) is 23.1. The molecule has 0 aliphatic carbocycles. The molecule has 9 nitrogen and oxygen atoms in total. The molecular formula is C29H35FN6O3S. The lowest BCUT2D eigenvalue weighted by Gasteiger charge is -2.32. The summed E-state index contributed by atoms with van der Waals surface area (Å²) in [6.45, 7) is 5.46. The number of hydrogen-bond donors (Lipinski definition) is 2. The van der Waals surface area contributed by atoms with E-state index in [1.165, 1.54) is 23.5 Å². The lowest BCUT2D eigenvalue weighted by molar-refractivity contribution is -0.145. The number of nitrogens with one attached hydrogen (secondary N) is 1. The van der Waals surface area contributed by atoms with Crippen molar-refractivity contribution < 1.29 is 18.8 Å². The van der Waals surface area contributed by atoms with Crippen molar-refractivity contribution in [1.29, 1.82) is 0 Å². The van der Waals surface area contributed by atoms with Crippen LogP contribution >= 0.6 is 11.3 Å². The van der Waals surface area contributed by atoms with E-state index in [2.05, 4.69) is 17.2 Å². The Labute approximate surface area is 237 Å². The van der Waals surface area contributed by atoms with Crippen LogP contribution in [0.3, 0.4) is 0 Å². The fourth-order valence-corrected chi connectivity index (χ4v) is 5.45. The highest BCUT2D eigenvalue weighted by atomic mass is 32.1. The van der Waals surface area contributed by atoms with E-state index in [0.29, 0.717) is 30.3 Å². The minimum Gasteiger partial charge on any atom is -0.364 e. The second-order valence-electron chi connectivity index (χ2n) is 9.97. The molecule has 0 radical (unpaired) electrons. The number of benzene rings is 2. The highest BCUT2D eigenvalue weighted by Gasteiger charge is 2.27. The standard InChI is InChI=1S/C29H35FN6O3S/c1-4-5-6-11-32-26(37)16-35(17-27(38)34(3)36-14-21-9-10-23(30)12-22(21)15-36)25-13-20(8-7-19(25)2)29-33-24(18-40-29)28(31)39/h7-10,12-13,18H,4-6,11,14-17H2,1-3H3,(H2,31,39)(H,32,37). The van der Waals surface area contributed by atoms with Crippen LogP contribution < -0.4 is 16.0 Å². The quantitative estimate of drug-likeness (QED) is 0.322. The third-order valence-corrected chi connectivity index (χ3v) is 7.87. The molecule has 0 saturated carbocycles. The first-order valence-electron chi connectivity index (χ1n) is 13.3. The monoisotopic (exact) mass is 566 g/mol. The minimum atomic E-state index is -0.600. The SMILES string of the molecule is CCCCCNC(=O)CN(CC(=O)N(C)N1Cc2ccc(F)cc2C1)c1cc(-c2nc(C(N)=O)cs2)ccc1C. The summed E-state index contributed by atoms with van der Waals surface area (Å²) in [5.74, 6) is -1.28. The smallest absolute Gasteiger partial charge is 0.268 e. The molecule has 3 N–H and O–H groups in total. The lowest BCUT2D eigenvalue weighted by atomic mass is 10.1. The van der Waals surface area contributed by atoms with Gasteiger partial charge in [-0.05, 0) is 48.2 Å². The molecule has 0 fully saturated rings. The molecule has 0 saturated heterocycles. The Balaban J connectivity index is 1.55. The summed E-state index contributed by atoms with van der Waals surface area (Å²) in [6, 6.07) is 10.3. The largest absolute Gasteiger partial charge is 0.364 e. The average molecular weight is 567 g/mol. The van der Waals surface area contributed by atoms with Crippen molar-refractivity contribution in [3.63, 3.8) is 0 Å². The minimum absolute atomic E-state index is 0.00810. The van der Waals surface area contributed by atoms with Gasteiger partial charge in [-0.15, -0.1) is 11.3 Å². The van der Waals surface area contributed by atoms with Crippen LogP contribution in [0, 0.1) is 12.7 Å². The van der Waals surface area contributed by atoms with Crippen molar-refractivity contribution in [3.05, 3.63) is 70.0 Å². The van der Waals surface area contributed by atoms with Gasteiger partial charge in [-0.3, -0.25) is 19.4 Å². The van der Waals surface area contributed by atoms with E-state index in [-0.39, 0.29) is 36.4 Å². The molecule has 1 aromatic heterocycles. The van der Waals surface area contributed by atoms with E-state index in [1.807, 2.05) is 30.1 Å². The third kappa shape index (κ3) is 7.02. The summed E-state index contributed by atoms with van der Waals surface area (Å²) < 4.78 is 13.7. The van der Waals surface area contributed by atoms with E-state index in [0.717, 1.165) is 41.5 Å². The number of amides is 3. The topological polar surface area (TPSA) is 112 Å². The molecule has 1 aliphatic heterocycles. The summed E-state index contributed by atoms with van der Waals surface area (Å²) in [5, 5.41) is 8.59. The number of aromatic nitrogens is 1. The predicted octanol–water partition coefficient (Wildman–Crippen LogP) is 3.86. The van der Waals surface area contributed by atoms with Crippen LogP contribution in [0.4, 0.5) is 10.1 Å². The Hall–Kier alpha value is -3.83. The van der Waals surface area contributed by atoms with E-state index >= 15 is 0 Å². The van der Waals surface area contributed by atoms with Gasteiger partial charge < -0.3 is 16.0 Å². The lowest BCUT2D eigenvalue weighted by Crippen LogP contribution is -2.48. The number of rotatable bonds is 12. The van der Waals surface area contributed by atoms with Gasteiger partial charge in [-0.2, -0.15) is 0 Å². The van der Waals surface area contributed by atoms with Crippen molar-refractivity contribution in [1.82, 2.24) is 20.3 Å². The Kier molecular flexibility index (Phi) is 9.49. The number of nitrogens with two attached hydrogens (primary N) is 1. The van der Waals surface area contributed by atoms with Crippen LogP contribution in [0.2, 0.25) is 0 Å². The molecule has 2 aromatic carbocycles. The first-order chi connectivity index (χ1) is 19.2. The molecule has 0 bridgehead atoms. The number of carbonyl (C=O) groups excluding carboxylic acids is 3. The van der Waals surface area contributed by atoms with Gasteiger partial charge in [0.15, 0.2) is 0 Å². The molecule has 1 aliphatic rings. The van der Waals surface area contributed by atoms with Crippen LogP contribution in [0.1, 0.15) is 53.4 Å². The van der Waals surface area contributed by atoms with Crippen LogP contribution in [0.5, 0.6) is 0 Å². The zero-order valence-corrected chi connectivity index (χ0v) is 23.9. The molecule has 0 atom stereocenters. The number of halogens is 1. The number of nitrogens with zero attached hydrogens (tertiary/aromatic N) is 4. The van der Waals surface area contributed by atoms with Crippen molar-refractivity contribution in [2.45, 2.75) is 46.2 Å². The van der Waals surface area contributed by atoms with Crippen molar-refractivity contribution in [2.75, 3.05) is 31.6 Å². The van der Waals surface area contributed by atoms with Crippen molar-refractivity contribution >= 4 is 34.7 Å². The number of fused-ring (bicyclic) bond motifs is 1. The Morgan fingerprint density at radius 1 is 1.10 bits per heavy atom. The number of likely N-dealkylation sites (N-methyl/N-ethyl adjacent to an activating group) is 1. The second kappa shape index (κ2) is 13.0. The number of hydrazine groups is 1. The maximum atomic E-state index is 13.7. The maximum Gasteiger partial charge on any atom is 0.268 e. The Bertz CT molecular complexity index is 1390. The maximum absolute atomic E-state index is 13.7. The Morgan fingerprint density at radius 3 is 2.60 bits per heavy atom. The second-order valence-corrected chi connectivity index (χ2v) is 10.8. The van der Waals surface area contributed by atoms with Crippen LogP contribution in [-0.4, -0.2) is 59.4 Å². The van der Waals surface area contributed by atoms with E-state index in [1.54, 1.807) is 28.4 Å². The molecule has 40 heavy (non-hydrogen) atoms. The number of hydrogen-bond acceptors (Lipinski definition) is 7. The van der Waals surface area contributed by atoms with Gasteiger partial charge >= 0.3 is 0 Å². The van der Waals surface area contributed by atoms with Gasteiger partial charge in [0.1, 0.15) is 16.5 Å². The predicted molar refractivity (Wildman–Crippen MR) is 154 cm³/mol. The number of anilines is 1. The zero-order chi connectivity index (χ0) is 28.8. The number of carbonyl (C=O) groups is 3. The van der Waals surface area contributed by atoms with Crippen LogP contribution in [0.15, 0.2) is 41.8 Å². The summed E-state index contributed by atoms with van der Waals surface area (Å²) >= 11 is 1.30. The number of unbranched alkanes of at least 4 members (excludes halogenated alkanes) is 2. The highest BCUT2D eigenvalue weighted by molar-refractivity contribution is 7.13. The fourth-order valence-electron chi connectivity index (χ4n) is 4.64. The molecule has 0 unspecified atom stereocenters. The van der Waals surface area contributed by atoms with Crippen LogP contribution in [-0.2, 0) is 22.7 Å². The van der Waals surface area contributed by atoms with Crippen molar-refractivity contribution in [3.8, 4) is 10.6 Å². The number of thiazole rings is 1. The van der Waals surface area contributed by atoms with E-state index in [4.69, 9.17) is 5.73 Å². The van der Waals surface area contributed by atoms with Gasteiger partial charge in [0.05, 0.1) is 13.1 Å². The number of aryl methyl sites for hydroxylation is 1.